The Bertz CT molecular complexity index is 355. The van der Waals surface area contributed by atoms with E-state index in [9.17, 15) is 4.79 Å². The summed E-state index contributed by atoms with van der Waals surface area (Å²) < 4.78 is 10.2. The minimum absolute atomic E-state index is 0.226. The third kappa shape index (κ3) is 3.20. The summed E-state index contributed by atoms with van der Waals surface area (Å²) in [7, 11) is 1.48. The molecule has 1 aromatic rings. The largest absolute Gasteiger partial charge is 0.476 e. The summed E-state index contributed by atoms with van der Waals surface area (Å²) in [6, 6.07) is 3.47. The fourth-order valence-corrected chi connectivity index (χ4v) is 1.08. The molecular formula is C11H16N2O3. The highest BCUT2D eigenvalue weighted by Crippen LogP contribution is 2.20. The van der Waals surface area contributed by atoms with Gasteiger partial charge in [0.15, 0.2) is 0 Å². The molecule has 0 saturated heterocycles. The Kier molecular flexibility index (Phi) is 4.72. The predicted molar refractivity (Wildman–Crippen MR) is 60.5 cm³/mol. The van der Waals surface area contributed by atoms with E-state index in [0.717, 1.165) is 0 Å². The molecule has 0 saturated carbocycles. The molecular weight excluding hydrogens is 208 g/mol. The predicted octanol–water partition coefficient (Wildman–Crippen LogP) is 1.45. The Hall–Kier alpha value is -1.62. The number of ether oxygens (including phenoxy) is 2. The monoisotopic (exact) mass is 224 g/mol. The van der Waals surface area contributed by atoms with E-state index in [1.54, 1.807) is 25.3 Å². The number of nitrogens with zero attached hydrogens (tertiary/aromatic N) is 1. The van der Waals surface area contributed by atoms with Gasteiger partial charge in [0.05, 0.1) is 6.61 Å². The second-order valence-corrected chi connectivity index (χ2v) is 3.16. The minimum Gasteiger partial charge on any atom is -0.476 e. The molecule has 1 N–H and O–H groups in total. The highest BCUT2D eigenvalue weighted by molar-refractivity contribution is 5.94. The first-order chi connectivity index (χ1) is 7.69. The molecule has 16 heavy (non-hydrogen) atoms. The molecule has 1 atom stereocenters. The molecule has 0 aromatic carbocycles. The van der Waals surface area contributed by atoms with E-state index in [1.807, 2.05) is 6.92 Å². The molecule has 1 amide bonds. The highest BCUT2D eigenvalue weighted by atomic mass is 16.5. The van der Waals surface area contributed by atoms with Gasteiger partial charge in [-0.05, 0) is 26.0 Å². The van der Waals surface area contributed by atoms with Crippen molar-refractivity contribution in [2.24, 2.45) is 0 Å². The van der Waals surface area contributed by atoms with Crippen molar-refractivity contribution < 1.29 is 14.3 Å². The summed E-state index contributed by atoms with van der Waals surface area (Å²) in [5.41, 5.74) is 0.554. The molecule has 0 bridgehead atoms. The van der Waals surface area contributed by atoms with E-state index >= 15 is 0 Å². The van der Waals surface area contributed by atoms with Crippen molar-refractivity contribution in [3.63, 3.8) is 0 Å². The van der Waals surface area contributed by atoms with Crippen LogP contribution in [0.1, 0.15) is 13.8 Å². The van der Waals surface area contributed by atoms with E-state index in [1.165, 1.54) is 7.11 Å². The number of hydrogen-bond acceptors (Lipinski definition) is 4. The smallest absolute Gasteiger partial charge is 0.253 e. The number of aromatic nitrogens is 1. The molecule has 1 unspecified atom stereocenters. The molecule has 5 heteroatoms. The van der Waals surface area contributed by atoms with Gasteiger partial charge in [0.2, 0.25) is 5.88 Å². The Morgan fingerprint density at radius 1 is 1.62 bits per heavy atom. The number of anilines is 1. The van der Waals surface area contributed by atoms with Crippen LogP contribution in [0.3, 0.4) is 0 Å². The number of rotatable bonds is 5. The van der Waals surface area contributed by atoms with Crippen LogP contribution in [0.5, 0.6) is 5.88 Å². The zero-order chi connectivity index (χ0) is 12.0. The lowest BCUT2D eigenvalue weighted by Crippen LogP contribution is -2.26. The molecule has 5 nitrogen and oxygen atoms in total. The van der Waals surface area contributed by atoms with Crippen molar-refractivity contribution in [1.29, 1.82) is 0 Å². The molecule has 0 spiro atoms. The zero-order valence-electron chi connectivity index (χ0n) is 9.69. The highest BCUT2D eigenvalue weighted by Gasteiger charge is 2.14. The first kappa shape index (κ1) is 12.4. The molecule has 1 rings (SSSR count). The van der Waals surface area contributed by atoms with Crippen LogP contribution in [0.15, 0.2) is 18.3 Å². The summed E-state index contributed by atoms with van der Waals surface area (Å²) in [5.74, 6) is 0.193. The van der Waals surface area contributed by atoms with Crippen LogP contribution in [0.2, 0.25) is 0 Å². The van der Waals surface area contributed by atoms with Crippen LogP contribution < -0.4 is 10.1 Å². The first-order valence-corrected chi connectivity index (χ1v) is 5.10. The lowest BCUT2D eigenvalue weighted by Gasteiger charge is -2.12. The maximum atomic E-state index is 11.6. The van der Waals surface area contributed by atoms with E-state index in [2.05, 4.69) is 10.3 Å². The van der Waals surface area contributed by atoms with E-state index in [-0.39, 0.29) is 5.91 Å². The Morgan fingerprint density at radius 2 is 2.38 bits per heavy atom. The fourth-order valence-electron chi connectivity index (χ4n) is 1.08. The summed E-state index contributed by atoms with van der Waals surface area (Å²) in [6.45, 7) is 4.03. The van der Waals surface area contributed by atoms with E-state index in [4.69, 9.17) is 9.47 Å². The van der Waals surface area contributed by atoms with Crippen molar-refractivity contribution in [3.8, 4) is 5.88 Å². The summed E-state index contributed by atoms with van der Waals surface area (Å²) in [6.07, 6.45) is 1.11. The number of carbonyl (C=O) groups is 1. The third-order valence-electron chi connectivity index (χ3n) is 2.03. The number of methoxy groups -OCH3 is 1. The molecule has 1 heterocycles. The second kappa shape index (κ2) is 6.07. The maximum Gasteiger partial charge on any atom is 0.253 e. The van der Waals surface area contributed by atoms with Gasteiger partial charge in [-0.25, -0.2) is 4.98 Å². The SMILES string of the molecule is CCOc1ncccc1NC(=O)C(C)OC. The molecule has 0 fully saturated rings. The lowest BCUT2D eigenvalue weighted by molar-refractivity contribution is -0.124. The fraction of sp³-hybridized carbons (Fsp3) is 0.455. The quantitative estimate of drug-likeness (QED) is 0.822. The summed E-state index contributed by atoms with van der Waals surface area (Å²) in [5, 5.41) is 2.69. The standard InChI is InChI=1S/C11H16N2O3/c1-4-16-11-9(6-5-7-12-11)13-10(14)8(2)15-3/h5-8H,4H2,1-3H3,(H,13,14). The van der Waals surface area contributed by atoms with Crippen molar-refractivity contribution >= 4 is 11.6 Å². The van der Waals surface area contributed by atoms with Gasteiger partial charge in [-0.3, -0.25) is 4.79 Å². The van der Waals surface area contributed by atoms with Gasteiger partial charge in [-0.15, -0.1) is 0 Å². The Labute approximate surface area is 94.8 Å². The van der Waals surface area contributed by atoms with Gasteiger partial charge in [-0.1, -0.05) is 0 Å². The van der Waals surface area contributed by atoms with Gasteiger partial charge >= 0.3 is 0 Å². The number of nitrogens with one attached hydrogen (secondary N) is 1. The molecule has 88 valence electrons. The van der Waals surface area contributed by atoms with Crippen molar-refractivity contribution in [3.05, 3.63) is 18.3 Å². The summed E-state index contributed by atoms with van der Waals surface area (Å²) >= 11 is 0. The maximum absolute atomic E-state index is 11.6. The van der Waals surface area contributed by atoms with E-state index in [0.29, 0.717) is 18.2 Å². The molecule has 0 aliphatic carbocycles. The van der Waals surface area contributed by atoms with Crippen LogP contribution in [0.4, 0.5) is 5.69 Å². The van der Waals surface area contributed by atoms with Crippen molar-refractivity contribution in [2.75, 3.05) is 19.0 Å². The van der Waals surface area contributed by atoms with Gasteiger partial charge in [-0.2, -0.15) is 0 Å². The van der Waals surface area contributed by atoms with Crippen LogP contribution in [-0.2, 0) is 9.53 Å². The average Bonchev–Trinajstić information content (AvgIpc) is 2.31. The van der Waals surface area contributed by atoms with Crippen LogP contribution in [0, 0.1) is 0 Å². The van der Waals surface area contributed by atoms with Crippen LogP contribution >= 0.6 is 0 Å². The first-order valence-electron chi connectivity index (χ1n) is 5.10. The Balaban J connectivity index is 2.76. The van der Waals surface area contributed by atoms with E-state index < -0.39 is 6.10 Å². The van der Waals surface area contributed by atoms with Gasteiger partial charge in [0.25, 0.3) is 5.91 Å². The molecule has 1 aromatic heterocycles. The molecule has 0 radical (unpaired) electrons. The number of amides is 1. The number of carbonyl (C=O) groups excluding carboxylic acids is 1. The van der Waals surface area contributed by atoms with Crippen molar-refractivity contribution in [2.45, 2.75) is 20.0 Å². The second-order valence-electron chi connectivity index (χ2n) is 3.16. The molecule has 0 aliphatic heterocycles. The van der Waals surface area contributed by atoms with Crippen LogP contribution in [-0.4, -0.2) is 30.7 Å². The average molecular weight is 224 g/mol. The topological polar surface area (TPSA) is 60.5 Å². The van der Waals surface area contributed by atoms with Crippen LogP contribution in [0.25, 0.3) is 0 Å². The lowest BCUT2D eigenvalue weighted by atomic mass is 10.3. The number of hydrogen-bond donors (Lipinski definition) is 1. The van der Waals surface area contributed by atoms with Crippen molar-refractivity contribution in [1.82, 2.24) is 4.98 Å². The minimum atomic E-state index is -0.505. The summed E-state index contributed by atoms with van der Waals surface area (Å²) in [4.78, 5) is 15.6. The van der Waals surface area contributed by atoms with Gasteiger partial charge < -0.3 is 14.8 Å². The third-order valence-corrected chi connectivity index (χ3v) is 2.03. The number of pyridine rings is 1. The molecule has 0 aliphatic rings. The van der Waals surface area contributed by atoms with Gasteiger partial charge in [0.1, 0.15) is 11.8 Å². The Morgan fingerprint density at radius 3 is 3.00 bits per heavy atom. The normalized spacial score (nSPS) is 11.9. The zero-order valence-corrected chi connectivity index (χ0v) is 9.69. The van der Waals surface area contributed by atoms with Gasteiger partial charge in [0, 0.05) is 13.3 Å².